The summed E-state index contributed by atoms with van der Waals surface area (Å²) in [5, 5.41) is 5.86. The van der Waals surface area contributed by atoms with E-state index < -0.39 is 0 Å². The topological polar surface area (TPSA) is 69.7 Å². The Hall–Kier alpha value is -3.84. The van der Waals surface area contributed by atoms with Crippen LogP contribution in [-0.2, 0) is 11.3 Å². The highest BCUT2D eigenvalue weighted by Crippen LogP contribution is 2.34. The van der Waals surface area contributed by atoms with Gasteiger partial charge in [0.15, 0.2) is 18.1 Å². The molecule has 35 heavy (non-hydrogen) atoms. The van der Waals surface area contributed by atoms with Crippen LogP contribution < -0.4 is 19.5 Å². The fourth-order valence-corrected chi connectivity index (χ4v) is 4.49. The van der Waals surface area contributed by atoms with Crippen molar-refractivity contribution in [2.24, 2.45) is 0 Å². The molecule has 0 saturated heterocycles. The number of amides is 1. The molecular weight excluding hydrogens is 460 g/mol. The zero-order valence-corrected chi connectivity index (χ0v) is 21.1. The van der Waals surface area contributed by atoms with E-state index in [4.69, 9.17) is 19.2 Å². The zero-order chi connectivity index (χ0) is 24.8. The molecule has 0 spiro atoms. The van der Waals surface area contributed by atoms with E-state index in [1.807, 2.05) is 79.9 Å². The van der Waals surface area contributed by atoms with E-state index in [-0.39, 0.29) is 12.5 Å². The summed E-state index contributed by atoms with van der Waals surface area (Å²) in [7, 11) is 3.24. The van der Waals surface area contributed by atoms with Gasteiger partial charge in [0.2, 0.25) is 0 Å². The number of thiazole rings is 1. The highest BCUT2D eigenvalue weighted by atomic mass is 32.1. The molecule has 0 saturated carbocycles. The number of aromatic nitrogens is 1. The Balaban J connectivity index is 1.34. The second-order valence-corrected chi connectivity index (χ2v) is 9.00. The minimum absolute atomic E-state index is 0.0139. The Bertz CT molecular complexity index is 1320. The number of carbonyl (C=O) groups is 1. The first-order valence-electron chi connectivity index (χ1n) is 11.2. The minimum atomic E-state index is -0.159. The Morgan fingerprint density at radius 3 is 2.31 bits per heavy atom. The first kappa shape index (κ1) is 24.3. The van der Waals surface area contributed by atoms with E-state index in [0.29, 0.717) is 18.0 Å². The normalized spacial score (nSPS) is 10.6. The molecule has 1 N–H and O–H groups in total. The van der Waals surface area contributed by atoms with Crippen LogP contribution in [0, 0.1) is 13.8 Å². The third-order valence-electron chi connectivity index (χ3n) is 5.56. The average Bonchev–Trinajstić information content (AvgIpc) is 3.37. The van der Waals surface area contributed by atoms with Crippen molar-refractivity contribution in [3.05, 3.63) is 82.7 Å². The van der Waals surface area contributed by atoms with E-state index in [9.17, 15) is 4.79 Å². The van der Waals surface area contributed by atoms with Crippen LogP contribution >= 0.6 is 11.3 Å². The average molecular weight is 489 g/mol. The molecule has 0 atom stereocenters. The predicted molar refractivity (Wildman–Crippen MR) is 139 cm³/mol. The van der Waals surface area contributed by atoms with Gasteiger partial charge in [-0.25, -0.2) is 4.98 Å². The number of hydrogen-bond donors (Lipinski definition) is 1. The number of aryl methyl sites for hydroxylation is 2. The monoisotopic (exact) mass is 488 g/mol. The Morgan fingerprint density at radius 2 is 1.60 bits per heavy atom. The van der Waals surface area contributed by atoms with Crippen molar-refractivity contribution >= 4 is 17.2 Å². The molecule has 1 amide bonds. The van der Waals surface area contributed by atoms with Crippen LogP contribution in [0.2, 0.25) is 0 Å². The van der Waals surface area contributed by atoms with E-state index in [1.54, 1.807) is 25.6 Å². The van der Waals surface area contributed by atoms with Gasteiger partial charge in [0.25, 0.3) is 5.91 Å². The van der Waals surface area contributed by atoms with Crippen LogP contribution in [0.5, 0.6) is 17.2 Å². The number of hydrogen-bond acceptors (Lipinski definition) is 6. The van der Waals surface area contributed by atoms with Crippen molar-refractivity contribution in [3.63, 3.8) is 0 Å². The lowest BCUT2D eigenvalue weighted by molar-refractivity contribution is -0.123. The van der Waals surface area contributed by atoms with E-state index in [1.165, 1.54) is 0 Å². The van der Waals surface area contributed by atoms with Crippen LogP contribution in [0.4, 0.5) is 0 Å². The van der Waals surface area contributed by atoms with Crippen molar-refractivity contribution in [1.29, 1.82) is 0 Å². The zero-order valence-electron chi connectivity index (χ0n) is 20.3. The smallest absolute Gasteiger partial charge is 0.258 e. The fraction of sp³-hybridized carbons (Fsp3) is 0.214. The van der Waals surface area contributed by atoms with Crippen LogP contribution in [0.25, 0.3) is 21.8 Å². The Kier molecular flexibility index (Phi) is 7.67. The van der Waals surface area contributed by atoms with Gasteiger partial charge in [0, 0.05) is 23.1 Å². The predicted octanol–water partition coefficient (Wildman–Crippen LogP) is 5.81. The van der Waals surface area contributed by atoms with Gasteiger partial charge in [-0.2, -0.15) is 0 Å². The van der Waals surface area contributed by atoms with Crippen molar-refractivity contribution in [3.8, 4) is 39.1 Å². The number of rotatable bonds is 9. The van der Waals surface area contributed by atoms with Gasteiger partial charge in [-0.05, 0) is 49.2 Å². The lowest BCUT2D eigenvalue weighted by atomic mass is 10.1. The van der Waals surface area contributed by atoms with Gasteiger partial charge in [-0.1, -0.05) is 42.0 Å². The molecule has 0 fully saturated rings. The lowest BCUT2D eigenvalue weighted by Crippen LogP contribution is -2.28. The number of nitrogens with one attached hydrogen (secondary N) is 1. The van der Waals surface area contributed by atoms with Crippen molar-refractivity contribution in [2.45, 2.75) is 20.4 Å². The number of ether oxygens (including phenoxy) is 3. The molecule has 1 heterocycles. The van der Waals surface area contributed by atoms with E-state index in [2.05, 4.69) is 5.32 Å². The molecule has 6 nitrogen and oxygen atoms in total. The second-order valence-electron chi connectivity index (χ2n) is 8.14. The molecule has 180 valence electrons. The lowest BCUT2D eigenvalue weighted by Gasteiger charge is -2.10. The highest BCUT2D eigenvalue weighted by Gasteiger charge is 2.11. The van der Waals surface area contributed by atoms with Gasteiger partial charge in [-0.3, -0.25) is 4.79 Å². The van der Waals surface area contributed by atoms with E-state index in [0.717, 1.165) is 44.3 Å². The number of benzene rings is 3. The number of carbonyl (C=O) groups excluding carboxylic acids is 1. The SMILES string of the molecule is COc1ccc(-c2csc(-c3ccc(CNC(=O)COc4ccc(C)cc4C)cc3)n2)cc1OC. The van der Waals surface area contributed by atoms with Gasteiger partial charge >= 0.3 is 0 Å². The van der Waals surface area contributed by atoms with Crippen LogP contribution in [0.3, 0.4) is 0 Å². The minimum Gasteiger partial charge on any atom is -0.493 e. The molecule has 3 aromatic carbocycles. The Morgan fingerprint density at radius 1 is 0.886 bits per heavy atom. The molecule has 0 aliphatic heterocycles. The maximum absolute atomic E-state index is 12.2. The fourth-order valence-electron chi connectivity index (χ4n) is 3.66. The molecular formula is C28H28N2O4S. The molecule has 0 bridgehead atoms. The summed E-state index contributed by atoms with van der Waals surface area (Å²) in [6, 6.07) is 19.7. The van der Waals surface area contributed by atoms with Crippen LogP contribution in [0.15, 0.2) is 66.0 Å². The molecule has 4 rings (SSSR count). The Labute approximate surface area is 209 Å². The summed E-state index contributed by atoms with van der Waals surface area (Å²) < 4.78 is 16.4. The molecule has 0 unspecified atom stereocenters. The van der Waals surface area contributed by atoms with E-state index >= 15 is 0 Å². The summed E-state index contributed by atoms with van der Waals surface area (Å²) in [6.07, 6.45) is 0. The quantitative estimate of drug-likeness (QED) is 0.322. The van der Waals surface area contributed by atoms with Gasteiger partial charge < -0.3 is 19.5 Å². The second kappa shape index (κ2) is 11.1. The van der Waals surface area contributed by atoms with Crippen LogP contribution in [-0.4, -0.2) is 31.7 Å². The molecule has 0 aliphatic carbocycles. The van der Waals surface area contributed by atoms with Gasteiger partial charge in [-0.15, -0.1) is 11.3 Å². The largest absolute Gasteiger partial charge is 0.493 e. The van der Waals surface area contributed by atoms with Crippen molar-refractivity contribution < 1.29 is 19.0 Å². The summed E-state index contributed by atoms with van der Waals surface area (Å²) >= 11 is 1.58. The highest BCUT2D eigenvalue weighted by molar-refractivity contribution is 7.13. The van der Waals surface area contributed by atoms with Crippen molar-refractivity contribution in [2.75, 3.05) is 20.8 Å². The summed E-state index contributed by atoms with van der Waals surface area (Å²) in [6.45, 7) is 4.42. The third-order valence-corrected chi connectivity index (χ3v) is 6.45. The molecule has 0 radical (unpaired) electrons. The number of nitrogens with zero attached hydrogens (tertiary/aromatic N) is 1. The summed E-state index contributed by atoms with van der Waals surface area (Å²) in [5.74, 6) is 1.93. The first-order chi connectivity index (χ1) is 17.0. The maximum atomic E-state index is 12.2. The molecule has 4 aromatic rings. The molecule has 1 aromatic heterocycles. The summed E-state index contributed by atoms with van der Waals surface area (Å²) in [5.41, 5.74) is 6.06. The maximum Gasteiger partial charge on any atom is 0.258 e. The standard InChI is InChI=1S/C28H28N2O4S/c1-18-5-11-24(19(2)13-18)34-16-27(31)29-15-20-6-8-21(9-7-20)28-30-23(17-35-28)22-10-12-25(32-3)26(14-22)33-4/h5-14,17H,15-16H2,1-4H3,(H,29,31). The first-order valence-corrected chi connectivity index (χ1v) is 12.1. The number of methoxy groups -OCH3 is 2. The third kappa shape index (κ3) is 6.00. The molecule has 0 aliphatic rings. The molecule has 7 heteroatoms. The van der Waals surface area contributed by atoms with Gasteiger partial charge in [0.05, 0.1) is 19.9 Å². The summed E-state index contributed by atoms with van der Waals surface area (Å²) in [4.78, 5) is 17.0. The van der Waals surface area contributed by atoms with Crippen LogP contribution in [0.1, 0.15) is 16.7 Å². The van der Waals surface area contributed by atoms with Gasteiger partial charge in [0.1, 0.15) is 10.8 Å². The van der Waals surface area contributed by atoms with Crippen molar-refractivity contribution in [1.82, 2.24) is 10.3 Å².